The summed E-state index contributed by atoms with van der Waals surface area (Å²) in [4.78, 5) is 14.8. The number of aliphatic hydroxyl groups is 1. The molecule has 0 unspecified atom stereocenters. The van der Waals surface area contributed by atoms with Crippen molar-refractivity contribution in [1.82, 2.24) is 10.2 Å². The van der Waals surface area contributed by atoms with Gasteiger partial charge in [0.2, 0.25) is 5.91 Å². The number of carbonyl (C=O) groups is 1. The molecule has 0 aromatic carbocycles. The molecule has 5 heteroatoms. The first-order valence-electron chi connectivity index (χ1n) is 6.63. The Kier molecular flexibility index (Phi) is 7.31. The summed E-state index contributed by atoms with van der Waals surface area (Å²) >= 11 is 1.62. The Labute approximate surface area is 124 Å². The van der Waals surface area contributed by atoms with Crippen LogP contribution in [0.1, 0.15) is 24.3 Å². The molecule has 110 valence electrons. The first-order valence-corrected chi connectivity index (χ1v) is 7.51. The third-order valence-corrected chi connectivity index (χ3v) is 3.43. The molecule has 0 atom stereocenters. The predicted molar refractivity (Wildman–Crippen MR) is 82.5 cm³/mol. The van der Waals surface area contributed by atoms with Crippen LogP contribution >= 0.6 is 11.3 Å². The Morgan fingerprint density at radius 2 is 2.30 bits per heavy atom. The second-order valence-corrected chi connectivity index (χ2v) is 6.13. The van der Waals surface area contributed by atoms with E-state index >= 15 is 0 Å². The van der Waals surface area contributed by atoms with E-state index in [1.165, 1.54) is 0 Å². The van der Waals surface area contributed by atoms with Crippen molar-refractivity contribution < 1.29 is 9.90 Å². The molecule has 0 saturated carbocycles. The number of rotatable bonds is 6. The minimum absolute atomic E-state index is 0.0538. The van der Waals surface area contributed by atoms with E-state index in [0.717, 1.165) is 17.0 Å². The van der Waals surface area contributed by atoms with Crippen molar-refractivity contribution in [2.45, 2.75) is 20.4 Å². The number of hydrogen-bond donors (Lipinski definition) is 2. The molecule has 20 heavy (non-hydrogen) atoms. The maximum atomic E-state index is 11.7. The Morgan fingerprint density at radius 1 is 1.55 bits per heavy atom. The van der Waals surface area contributed by atoms with E-state index in [4.69, 9.17) is 5.11 Å². The van der Waals surface area contributed by atoms with Crippen LogP contribution in [0, 0.1) is 17.8 Å². The summed E-state index contributed by atoms with van der Waals surface area (Å²) < 4.78 is 0. The predicted octanol–water partition coefficient (Wildman–Crippen LogP) is 1.30. The van der Waals surface area contributed by atoms with Gasteiger partial charge < -0.3 is 10.4 Å². The number of nitrogens with zero attached hydrogens (tertiary/aromatic N) is 1. The van der Waals surface area contributed by atoms with E-state index in [0.29, 0.717) is 19.0 Å². The molecular weight excluding hydrogens is 272 g/mol. The van der Waals surface area contributed by atoms with Gasteiger partial charge in [0.15, 0.2) is 0 Å². The van der Waals surface area contributed by atoms with Crippen molar-refractivity contribution in [3.63, 3.8) is 0 Å². The Balaban J connectivity index is 2.40. The van der Waals surface area contributed by atoms with Crippen LogP contribution in [0.15, 0.2) is 11.4 Å². The number of carbonyl (C=O) groups excluding carboxylic acids is 1. The normalized spacial score (nSPS) is 10.5. The SMILES string of the molecule is CC(C)CNC(=O)CN(C)Cc1cc(C#CCO)cs1. The van der Waals surface area contributed by atoms with Crippen LogP contribution in [0.5, 0.6) is 0 Å². The molecule has 0 bridgehead atoms. The highest BCUT2D eigenvalue weighted by molar-refractivity contribution is 7.10. The highest BCUT2D eigenvalue weighted by atomic mass is 32.1. The lowest BCUT2D eigenvalue weighted by molar-refractivity contribution is -0.122. The molecule has 1 rings (SSSR count). The van der Waals surface area contributed by atoms with Gasteiger partial charge in [0.1, 0.15) is 6.61 Å². The molecule has 0 radical (unpaired) electrons. The van der Waals surface area contributed by atoms with Gasteiger partial charge in [-0.1, -0.05) is 25.7 Å². The number of nitrogens with one attached hydrogen (secondary N) is 1. The summed E-state index contributed by atoms with van der Waals surface area (Å²) in [7, 11) is 1.92. The number of amides is 1. The van der Waals surface area contributed by atoms with Crippen LogP contribution in [0.4, 0.5) is 0 Å². The van der Waals surface area contributed by atoms with E-state index < -0.39 is 0 Å². The van der Waals surface area contributed by atoms with Gasteiger partial charge in [-0.2, -0.15) is 0 Å². The third kappa shape index (κ3) is 6.71. The zero-order valence-electron chi connectivity index (χ0n) is 12.3. The van der Waals surface area contributed by atoms with Crippen LogP contribution in [0.25, 0.3) is 0 Å². The lowest BCUT2D eigenvalue weighted by atomic mass is 10.2. The molecule has 1 amide bonds. The molecule has 0 spiro atoms. The van der Waals surface area contributed by atoms with Gasteiger partial charge in [-0.05, 0) is 19.0 Å². The second-order valence-electron chi connectivity index (χ2n) is 5.13. The highest BCUT2D eigenvalue weighted by Gasteiger charge is 2.08. The van der Waals surface area contributed by atoms with Crippen molar-refractivity contribution >= 4 is 17.2 Å². The number of likely N-dealkylation sites (N-methyl/N-ethyl adjacent to an activating group) is 1. The van der Waals surface area contributed by atoms with E-state index in [1.807, 2.05) is 23.4 Å². The van der Waals surface area contributed by atoms with E-state index in [9.17, 15) is 4.79 Å². The van der Waals surface area contributed by atoms with E-state index in [1.54, 1.807) is 11.3 Å². The maximum absolute atomic E-state index is 11.7. The largest absolute Gasteiger partial charge is 0.384 e. The van der Waals surface area contributed by atoms with Crippen LogP contribution in [0.2, 0.25) is 0 Å². The molecule has 0 aliphatic carbocycles. The van der Waals surface area contributed by atoms with Crippen molar-refractivity contribution in [1.29, 1.82) is 0 Å². The molecule has 0 aliphatic heterocycles. The number of aliphatic hydroxyl groups excluding tert-OH is 1. The van der Waals surface area contributed by atoms with Gasteiger partial charge in [0.05, 0.1) is 6.54 Å². The zero-order valence-corrected chi connectivity index (χ0v) is 13.1. The Hall–Kier alpha value is -1.35. The lowest BCUT2D eigenvalue weighted by Gasteiger charge is -2.15. The van der Waals surface area contributed by atoms with Crippen LogP contribution in [-0.2, 0) is 11.3 Å². The molecule has 0 aliphatic rings. The van der Waals surface area contributed by atoms with E-state index in [2.05, 4.69) is 31.0 Å². The van der Waals surface area contributed by atoms with Gasteiger partial charge in [-0.3, -0.25) is 9.69 Å². The monoisotopic (exact) mass is 294 g/mol. The Bertz CT molecular complexity index is 486. The average molecular weight is 294 g/mol. The first kappa shape index (κ1) is 16.7. The quantitative estimate of drug-likeness (QED) is 0.778. The fourth-order valence-electron chi connectivity index (χ4n) is 1.61. The summed E-state index contributed by atoms with van der Waals surface area (Å²) in [5.41, 5.74) is 0.914. The van der Waals surface area contributed by atoms with Gasteiger partial charge in [0, 0.05) is 28.9 Å². The van der Waals surface area contributed by atoms with Crippen molar-refractivity contribution in [3.05, 3.63) is 21.9 Å². The fraction of sp³-hybridized carbons (Fsp3) is 0.533. The van der Waals surface area contributed by atoms with Gasteiger partial charge in [0.25, 0.3) is 0 Å². The van der Waals surface area contributed by atoms with Crippen molar-refractivity contribution in [3.8, 4) is 11.8 Å². The van der Waals surface area contributed by atoms with Crippen LogP contribution < -0.4 is 5.32 Å². The first-order chi connectivity index (χ1) is 9.51. The minimum atomic E-state index is -0.124. The lowest BCUT2D eigenvalue weighted by Crippen LogP contribution is -2.36. The summed E-state index contributed by atoms with van der Waals surface area (Å²) in [6.45, 7) is 5.85. The number of hydrogen-bond acceptors (Lipinski definition) is 4. The second kappa shape index (κ2) is 8.75. The third-order valence-electron chi connectivity index (χ3n) is 2.51. The fourth-order valence-corrected chi connectivity index (χ4v) is 2.51. The van der Waals surface area contributed by atoms with Crippen molar-refractivity contribution in [2.24, 2.45) is 5.92 Å². The highest BCUT2D eigenvalue weighted by Crippen LogP contribution is 2.15. The van der Waals surface area contributed by atoms with Gasteiger partial charge in [-0.25, -0.2) is 0 Å². The molecule has 0 saturated heterocycles. The molecule has 2 N–H and O–H groups in total. The molecular formula is C15H22N2O2S. The molecule has 1 heterocycles. The van der Waals surface area contributed by atoms with Crippen molar-refractivity contribution in [2.75, 3.05) is 26.7 Å². The molecule has 1 aromatic heterocycles. The summed E-state index contributed by atoms with van der Waals surface area (Å²) in [5, 5.41) is 13.5. The molecule has 4 nitrogen and oxygen atoms in total. The average Bonchev–Trinajstić information content (AvgIpc) is 2.81. The standard InChI is InChI=1S/C15H22N2O2S/c1-12(2)8-16-15(19)10-17(3)9-14-7-13(11-20-14)5-4-6-18/h7,11-12,18H,6,8-10H2,1-3H3,(H,16,19). The minimum Gasteiger partial charge on any atom is -0.384 e. The summed E-state index contributed by atoms with van der Waals surface area (Å²) in [6, 6.07) is 2.00. The van der Waals surface area contributed by atoms with Crippen LogP contribution in [0.3, 0.4) is 0 Å². The zero-order chi connectivity index (χ0) is 15.0. The summed E-state index contributed by atoms with van der Waals surface area (Å²) in [6.07, 6.45) is 0. The van der Waals surface area contributed by atoms with Crippen LogP contribution in [-0.4, -0.2) is 42.7 Å². The Morgan fingerprint density at radius 3 is 2.95 bits per heavy atom. The molecule has 1 aromatic rings. The summed E-state index contributed by atoms with van der Waals surface area (Å²) in [5.74, 6) is 6.02. The van der Waals surface area contributed by atoms with E-state index in [-0.39, 0.29) is 12.5 Å². The van der Waals surface area contributed by atoms with Gasteiger partial charge >= 0.3 is 0 Å². The topological polar surface area (TPSA) is 52.6 Å². The number of thiophene rings is 1. The maximum Gasteiger partial charge on any atom is 0.234 e. The smallest absolute Gasteiger partial charge is 0.234 e. The molecule has 0 fully saturated rings. The van der Waals surface area contributed by atoms with Gasteiger partial charge in [-0.15, -0.1) is 11.3 Å².